The van der Waals surface area contributed by atoms with Crippen LogP contribution in [-0.2, 0) is 19.4 Å². The van der Waals surface area contributed by atoms with Crippen molar-refractivity contribution in [2.24, 2.45) is 0 Å². The number of rotatable bonds is 5. The first-order valence-electron chi connectivity index (χ1n) is 10.4. The molecule has 4 rings (SSSR count). The lowest BCUT2D eigenvalue weighted by Crippen LogP contribution is -2.42. The molecule has 7 nitrogen and oxygen atoms in total. The minimum atomic E-state index is -0.897. The van der Waals surface area contributed by atoms with Gasteiger partial charge in [-0.15, -0.1) is 0 Å². The van der Waals surface area contributed by atoms with E-state index in [-0.39, 0.29) is 5.69 Å². The smallest absolute Gasteiger partial charge is 0.356 e. The molecule has 28 heavy (non-hydrogen) atoms. The Labute approximate surface area is 166 Å². The minimum Gasteiger partial charge on any atom is -0.476 e. The van der Waals surface area contributed by atoms with Gasteiger partial charge in [0.25, 0.3) is 0 Å². The summed E-state index contributed by atoms with van der Waals surface area (Å²) in [6.45, 7) is 7.01. The van der Waals surface area contributed by atoms with Crippen molar-refractivity contribution in [3.05, 3.63) is 41.5 Å². The Bertz CT molecular complexity index is 820. The van der Waals surface area contributed by atoms with Crippen molar-refractivity contribution in [1.29, 1.82) is 0 Å². The van der Waals surface area contributed by atoms with Crippen molar-refractivity contribution >= 4 is 11.7 Å². The molecule has 0 saturated carbocycles. The monoisotopic (exact) mass is 383 g/mol. The molecule has 1 saturated heterocycles. The van der Waals surface area contributed by atoms with Gasteiger partial charge in [-0.3, -0.25) is 14.6 Å². The molecule has 7 heteroatoms. The van der Waals surface area contributed by atoms with Crippen molar-refractivity contribution in [2.75, 3.05) is 31.1 Å². The summed E-state index contributed by atoms with van der Waals surface area (Å²) in [4.78, 5) is 20.8. The highest BCUT2D eigenvalue weighted by Gasteiger charge is 2.32. The summed E-state index contributed by atoms with van der Waals surface area (Å²) < 4.78 is 1.93. The van der Waals surface area contributed by atoms with Gasteiger partial charge in [0.15, 0.2) is 5.69 Å². The van der Waals surface area contributed by atoms with Gasteiger partial charge in [0.2, 0.25) is 0 Å². The maximum Gasteiger partial charge on any atom is 0.356 e. The average molecular weight is 383 g/mol. The van der Waals surface area contributed by atoms with Crippen LogP contribution in [0.25, 0.3) is 0 Å². The summed E-state index contributed by atoms with van der Waals surface area (Å²) in [7, 11) is 0. The zero-order valence-corrected chi connectivity index (χ0v) is 16.5. The van der Waals surface area contributed by atoms with Gasteiger partial charge in [-0.1, -0.05) is 6.92 Å². The highest BCUT2D eigenvalue weighted by atomic mass is 16.4. The first-order chi connectivity index (χ1) is 13.7. The van der Waals surface area contributed by atoms with E-state index in [1.54, 1.807) is 0 Å². The second-order valence-electron chi connectivity index (χ2n) is 7.78. The maximum absolute atomic E-state index is 11.7. The maximum atomic E-state index is 11.7. The fourth-order valence-electron chi connectivity index (χ4n) is 4.67. The Morgan fingerprint density at radius 1 is 1.21 bits per heavy atom. The van der Waals surface area contributed by atoms with E-state index >= 15 is 0 Å². The van der Waals surface area contributed by atoms with Crippen LogP contribution >= 0.6 is 0 Å². The molecule has 0 amide bonds. The van der Waals surface area contributed by atoms with Gasteiger partial charge < -0.3 is 10.0 Å². The molecule has 150 valence electrons. The lowest BCUT2D eigenvalue weighted by atomic mass is 9.90. The molecule has 2 aromatic rings. The summed E-state index contributed by atoms with van der Waals surface area (Å²) in [6, 6.07) is 4.55. The lowest BCUT2D eigenvalue weighted by molar-refractivity contribution is 0.0687. The topological polar surface area (TPSA) is 74.5 Å². The van der Waals surface area contributed by atoms with E-state index in [9.17, 15) is 9.90 Å². The molecule has 1 aliphatic heterocycles. The Hall–Kier alpha value is -2.41. The Kier molecular flexibility index (Phi) is 5.62. The van der Waals surface area contributed by atoms with Crippen LogP contribution in [0.2, 0.25) is 0 Å². The zero-order chi connectivity index (χ0) is 19.5. The third-order valence-corrected chi connectivity index (χ3v) is 6.03. The highest BCUT2D eigenvalue weighted by molar-refractivity contribution is 5.87. The second-order valence-corrected chi connectivity index (χ2v) is 7.78. The molecule has 1 aliphatic carbocycles. The van der Waals surface area contributed by atoms with E-state index in [1.807, 2.05) is 17.1 Å². The number of aryl methyl sites for hydroxylation is 1. The lowest BCUT2D eigenvalue weighted by Gasteiger charge is -2.34. The number of carboxylic acid groups (broad SMARTS) is 1. The van der Waals surface area contributed by atoms with Crippen molar-refractivity contribution in [1.82, 2.24) is 19.7 Å². The largest absolute Gasteiger partial charge is 0.476 e. The molecule has 0 bridgehead atoms. The summed E-state index contributed by atoms with van der Waals surface area (Å²) >= 11 is 0. The standard InChI is InChI=1S/C21H29N5O2/c1-2-10-26-19-5-4-17(15-18(19)20(23-26)21(27)28)25-12-3-11-24(13-14-25)16-6-8-22-9-7-16/h6-9,17H,2-5,10-15H2,1H3,(H,27,28). The van der Waals surface area contributed by atoms with Gasteiger partial charge in [-0.2, -0.15) is 5.10 Å². The third-order valence-electron chi connectivity index (χ3n) is 6.03. The number of carboxylic acids is 1. The third kappa shape index (κ3) is 3.76. The first kappa shape index (κ1) is 18.9. The Morgan fingerprint density at radius 2 is 2.04 bits per heavy atom. The Balaban J connectivity index is 1.48. The van der Waals surface area contributed by atoms with E-state index < -0.39 is 5.97 Å². The average Bonchev–Trinajstić information content (AvgIpc) is 2.90. The Morgan fingerprint density at radius 3 is 2.79 bits per heavy atom. The number of carbonyl (C=O) groups is 1. The quantitative estimate of drug-likeness (QED) is 0.855. The molecule has 0 spiro atoms. The summed E-state index contributed by atoms with van der Waals surface area (Å²) in [5.41, 5.74) is 3.61. The SMILES string of the molecule is CCCn1nc(C(=O)O)c2c1CCC(N1CCCN(c3ccncc3)CC1)C2. The van der Waals surface area contributed by atoms with Crippen LogP contribution in [0.15, 0.2) is 24.5 Å². The van der Waals surface area contributed by atoms with Gasteiger partial charge in [0, 0.05) is 68.1 Å². The number of hydrogen-bond acceptors (Lipinski definition) is 5. The van der Waals surface area contributed by atoms with Crippen LogP contribution in [0.4, 0.5) is 5.69 Å². The number of aromatic nitrogens is 3. The van der Waals surface area contributed by atoms with Crippen LogP contribution in [0.3, 0.4) is 0 Å². The number of nitrogens with zero attached hydrogens (tertiary/aromatic N) is 5. The molecule has 0 aromatic carbocycles. The van der Waals surface area contributed by atoms with Crippen molar-refractivity contribution in [3.63, 3.8) is 0 Å². The van der Waals surface area contributed by atoms with Crippen LogP contribution in [0.5, 0.6) is 0 Å². The number of hydrogen-bond donors (Lipinski definition) is 1. The first-order valence-corrected chi connectivity index (χ1v) is 10.4. The molecular formula is C21H29N5O2. The van der Waals surface area contributed by atoms with E-state index in [2.05, 4.69) is 38.9 Å². The van der Waals surface area contributed by atoms with E-state index in [1.165, 1.54) is 5.69 Å². The number of pyridine rings is 1. The van der Waals surface area contributed by atoms with Crippen molar-refractivity contribution in [2.45, 2.75) is 51.6 Å². The van der Waals surface area contributed by atoms with Gasteiger partial charge in [-0.05, 0) is 44.2 Å². The molecule has 2 aromatic heterocycles. The molecule has 1 fully saturated rings. The van der Waals surface area contributed by atoms with Gasteiger partial charge in [-0.25, -0.2) is 4.79 Å². The van der Waals surface area contributed by atoms with Gasteiger partial charge in [0.05, 0.1) is 0 Å². The molecule has 1 N–H and O–H groups in total. The van der Waals surface area contributed by atoms with E-state index in [4.69, 9.17) is 0 Å². The van der Waals surface area contributed by atoms with E-state index in [0.717, 1.165) is 76.1 Å². The van der Waals surface area contributed by atoms with Crippen LogP contribution in [-0.4, -0.2) is 63.0 Å². The van der Waals surface area contributed by atoms with Crippen molar-refractivity contribution < 1.29 is 9.90 Å². The molecule has 2 aliphatic rings. The highest BCUT2D eigenvalue weighted by Crippen LogP contribution is 2.29. The van der Waals surface area contributed by atoms with Crippen LogP contribution in [0, 0.1) is 0 Å². The predicted octanol–water partition coefficient (Wildman–Crippen LogP) is 2.46. The zero-order valence-electron chi connectivity index (χ0n) is 16.5. The summed E-state index contributed by atoms with van der Waals surface area (Å²) in [5.74, 6) is -0.897. The number of anilines is 1. The van der Waals surface area contributed by atoms with E-state index in [0.29, 0.717) is 6.04 Å². The normalized spacial score (nSPS) is 20.6. The van der Waals surface area contributed by atoms with Crippen molar-refractivity contribution in [3.8, 4) is 0 Å². The minimum absolute atomic E-state index is 0.265. The molecular weight excluding hydrogens is 354 g/mol. The summed E-state index contributed by atoms with van der Waals surface area (Å²) in [5, 5.41) is 14.0. The second kappa shape index (κ2) is 8.31. The molecule has 0 radical (unpaired) electrons. The number of aromatic carboxylic acids is 1. The predicted molar refractivity (Wildman–Crippen MR) is 108 cm³/mol. The molecule has 1 unspecified atom stereocenters. The fraction of sp³-hybridized carbons (Fsp3) is 0.571. The van der Waals surface area contributed by atoms with Crippen LogP contribution in [0.1, 0.15) is 47.9 Å². The summed E-state index contributed by atoms with van der Waals surface area (Å²) in [6.07, 6.45) is 8.59. The fourth-order valence-corrected chi connectivity index (χ4v) is 4.67. The number of fused-ring (bicyclic) bond motifs is 1. The van der Waals surface area contributed by atoms with Crippen LogP contribution < -0.4 is 4.90 Å². The molecule has 1 atom stereocenters. The van der Waals surface area contributed by atoms with Gasteiger partial charge >= 0.3 is 5.97 Å². The van der Waals surface area contributed by atoms with Gasteiger partial charge in [0.1, 0.15) is 0 Å². The molecule has 3 heterocycles.